The first kappa shape index (κ1) is 12.1. The lowest BCUT2D eigenvalue weighted by Gasteiger charge is -2.36. The van der Waals surface area contributed by atoms with Gasteiger partial charge >= 0.3 is 0 Å². The minimum atomic E-state index is -0.0484. The second-order valence-corrected chi connectivity index (χ2v) is 5.01. The average Bonchev–Trinajstić information content (AvgIpc) is 2.41. The second kappa shape index (κ2) is 5.33. The van der Waals surface area contributed by atoms with Gasteiger partial charge in [0.1, 0.15) is 0 Å². The van der Waals surface area contributed by atoms with Crippen molar-refractivity contribution in [3.8, 4) is 6.07 Å². The lowest BCUT2D eigenvalue weighted by Crippen LogP contribution is -2.38. The molecule has 2 nitrogen and oxygen atoms in total. The van der Waals surface area contributed by atoms with Gasteiger partial charge in [0.15, 0.2) is 0 Å². The van der Waals surface area contributed by atoms with Crippen molar-refractivity contribution in [2.24, 2.45) is 5.41 Å². The maximum Gasteiger partial charge on any atom is 0.0690 e. The van der Waals surface area contributed by atoms with Crippen LogP contribution in [0, 0.1) is 16.7 Å². The van der Waals surface area contributed by atoms with Gasteiger partial charge in [0, 0.05) is 19.6 Å². The molecule has 1 aromatic rings. The summed E-state index contributed by atoms with van der Waals surface area (Å²) < 4.78 is 0. The van der Waals surface area contributed by atoms with Crippen LogP contribution in [0.5, 0.6) is 0 Å². The molecule has 1 aromatic carbocycles. The van der Waals surface area contributed by atoms with Gasteiger partial charge in [-0.3, -0.25) is 4.90 Å². The highest BCUT2D eigenvalue weighted by molar-refractivity contribution is 5.14. The van der Waals surface area contributed by atoms with E-state index in [0.717, 1.165) is 38.9 Å². The van der Waals surface area contributed by atoms with Crippen molar-refractivity contribution in [1.29, 1.82) is 5.26 Å². The number of benzene rings is 1. The molecular weight excluding hydrogens is 208 g/mol. The Morgan fingerprint density at radius 2 is 1.88 bits per heavy atom. The number of nitrogens with zero attached hydrogens (tertiary/aromatic N) is 2. The van der Waals surface area contributed by atoms with Gasteiger partial charge in [-0.2, -0.15) is 5.26 Å². The summed E-state index contributed by atoms with van der Waals surface area (Å²) in [4.78, 5) is 2.46. The minimum absolute atomic E-state index is 0.0484. The maximum atomic E-state index is 9.25. The fourth-order valence-electron chi connectivity index (χ4n) is 2.53. The van der Waals surface area contributed by atoms with E-state index >= 15 is 0 Å². The zero-order valence-corrected chi connectivity index (χ0v) is 10.5. The van der Waals surface area contributed by atoms with Crippen LogP contribution in [0.15, 0.2) is 30.3 Å². The Balaban J connectivity index is 1.90. The quantitative estimate of drug-likeness (QED) is 0.794. The summed E-state index contributed by atoms with van der Waals surface area (Å²) in [5, 5.41) is 9.25. The molecule has 0 saturated carbocycles. The van der Waals surface area contributed by atoms with Gasteiger partial charge in [0.25, 0.3) is 0 Å². The van der Waals surface area contributed by atoms with Crippen LogP contribution in [0.4, 0.5) is 0 Å². The van der Waals surface area contributed by atoms with E-state index in [9.17, 15) is 5.26 Å². The number of hydrogen-bond acceptors (Lipinski definition) is 2. The predicted octanol–water partition coefficient (Wildman–Crippen LogP) is 3.20. The molecule has 0 aromatic heterocycles. The summed E-state index contributed by atoms with van der Waals surface area (Å²) in [6, 6.07) is 13.1. The molecule has 0 bridgehead atoms. The lowest BCUT2D eigenvalue weighted by atomic mass is 9.77. The van der Waals surface area contributed by atoms with Gasteiger partial charge < -0.3 is 0 Å². The molecule has 17 heavy (non-hydrogen) atoms. The van der Waals surface area contributed by atoms with Crippen LogP contribution in [-0.4, -0.2) is 18.0 Å². The molecule has 0 atom stereocenters. The van der Waals surface area contributed by atoms with Crippen LogP contribution in [0.2, 0.25) is 0 Å². The SMILES string of the molecule is CCC1(C#N)CCN(Cc2ccccc2)CC1. The fraction of sp³-hybridized carbons (Fsp3) is 0.533. The summed E-state index contributed by atoms with van der Waals surface area (Å²) in [5.41, 5.74) is 1.32. The van der Waals surface area contributed by atoms with Crippen LogP contribution in [0.3, 0.4) is 0 Å². The van der Waals surface area contributed by atoms with Crippen LogP contribution in [0.25, 0.3) is 0 Å². The Morgan fingerprint density at radius 3 is 2.41 bits per heavy atom. The van der Waals surface area contributed by atoms with E-state index in [1.54, 1.807) is 0 Å². The first-order valence-electron chi connectivity index (χ1n) is 6.45. The van der Waals surface area contributed by atoms with Gasteiger partial charge in [-0.05, 0) is 24.8 Å². The fourth-order valence-corrected chi connectivity index (χ4v) is 2.53. The highest BCUT2D eigenvalue weighted by Crippen LogP contribution is 2.34. The van der Waals surface area contributed by atoms with Crippen molar-refractivity contribution in [1.82, 2.24) is 4.90 Å². The minimum Gasteiger partial charge on any atom is -0.299 e. The summed E-state index contributed by atoms with van der Waals surface area (Å²) in [5.74, 6) is 0. The van der Waals surface area contributed by atoms with Crippen LogP contribution in [0.1, 0.15) is 31.7 Å². The van der Waals surface area contributed by atoms with Crippen molar-refractivity contribution >= 4 is 0 Å². The van der Waals surface area contributed by atoms with Crippen LogP contribution in [-0.2, 0) is 6.54 Å². The molecule has 1 aliphatic heterocycles. The molecule has 0 radical (unpaired) electrons. The van der Waals surface area contributed by atoms with Gasteiger partial charge in [0.05, 0.1) is 11.5 Å². The van der Waals surface area contributed by atoms with E-state index < -0.39 is 0 Å². The lowest BCUT2D eigenvalue weighted by molar-refractivity contribution is 0.135. The Bertz CT molecular complexity index is 383. The van der Waals surface area contributed by atoms with Crippen molar-refractivity contribution in [3.05, 3.63) is 35.9 Å². The Morgan fingerprint density at radius 1 is 1.24 bits per heavy atom. The number of hydrogen-bond donors (Lipinski definition) is 0. The third-order valence-corrected chi connectivity index (χ3v) is 3.98. The molecule has 2 rings (SSSR count). The monoisotopic (exact) mass is 228 g/mol. The molecule has 0 N–H and O–H groups in total. The van der Waals surface area contributed by atoms with Gasteiger partial charge in [-0.15, -0.1) is 0 Å². The van der Waals surface area contributed by atoms with Crippen molar-refractivity contribution in [2.45, 2.75) is 32.7 Å². The van der Waals surface area contributed by atoms with Crippen LogP contribution >= 0.6 is 0 Å². The zero-order valence-electron chi connectivity index (χ0n) is 10.5. The van der Waals surface area contributed by atoms with E-state index in [2.05, 4.69) is 48.2 Å². The molecule has 0 spiro atoms. The smallest absolute Gasteiger partial charge is 0.0690 e. The molecule has 90 valence electrons. The maximum absolute atomic E-state index is 9.25. The molecule has 1 fully saturated rings. The third kappa shape index (κ3) is 2.87. The van der Waals surface area contributed by atoms with Crippen LogP contribution < -0.4 is 0 Å². The summed E-state index contributed by atoms with van der Waals surface area (Å²) >= 11 is 0. The topological polar surface area (TPSA) is 27.0 Å². The first-order valence-corrected chi connectivity index (χ1v) is 6.45. The second-order valence-electron chi connectivity index (χ2n) is 5.01. The summed E-state index contributed by atoms with van der Waals surface area (Å²) in [6.45, 7) is 5.26. The normalized spacial score (nSPS) is 19.8. The van der Waals surface area contributed by atoms with E-state index in [1.807, 2.05) is 0 Å². The van der Waals surface area contributed by atoms with E-state index in [0.29, 0.717) is 0 Å². The third-order valence-electron chi connectivity index (χ3n) is 3.98. The van der Waals surface area contributed by atoms with E-state index in [4.69, 9.17) is 0 Å². The zero-order chi connectivity index (χ0) is 12.1. The molecule has 2 heteroatoms. The first-order chi connectivity index (χ1) is 8.28. The Kier molecular flexibility index (Phi) is 3.81. The molecule has 1 saturated heterocycles. The Hall–Kier alpha value is -1.33. The molecule has 0 amide bonds. The summed E-state index contributed by atoms with van der Waals surface area (Å²) in [6.07, 6.45) is 3.03. The number of nitriles is 1. The van der Waals surface area contributed by atoms with E-state index in [-0.39, 0.29) is 5.41 Å². The van der Waals surface area contributed by atoms with Crippen molar-refractivity contribution in [2.75, 3.05) is 13.1 Å². The number of piperidine rings is 1. The molecule has 1 aliphatic rings. The molecule has 1 heterocycles. The number of rotatable bonds is 3. The van der Waals surface area contributed by atoms with Crippen molar-refractivity contribution < 1.29 is 0 Å². The average molecular weight is 228 g/mol. The molecule has 0 unspecified atom stereocenters. The van der Waals surface area contributed by atoms with Gasteiger partial charge in [-0.25, -0.2) is 0 Å². The number of likely N-dealkylation sites (tertiary alicyclic amines) is 1. The predicted molar refractivity (Wildman–Crippen MR) is 69.3 cm³/mol. The van der Waals surface area contributed by atoms with Crippen molar-refractivity contribution in [3.63, 3.8) is 0 Å². The highest BCUT2D eigenvalue weighted by atomic mass is 15.1. The molecular formula is C15H20N2. The van der Waals surface area contributed by atoms with E-state index in [1.165, 1.54) is 5.56 Å². The van der Waals surface area contributed by atoms with Gasteiger partial charge in [-0.1, -0.05) is 37.3 Å². The Labute approximate surface area is 104 Å². The summed E-state index contributed by atoms with van der Waals surface area (Å²) in [7, 11) is 0. The van der Waals surface area contributed by atoms with Gasteiger partial charge in [0.2, 0.25) is 0 Å². The molecule has 0 aliphatic carbocycles. The largest absolute Gasteiger partial charge is 0.299 e. The standard InChI is InChI=1S/C15H20N2/c1-2-15(13-16)8-10-17(11-9-15)12-14-6-4-3-5-7-14/h3-7H,2,8-12H2,1H3. The highest BCUT2D eigenvalue weighted by Gasteiger charge is 2.32.